The number of Topliss-reactive ketones (excluding diaryl/α,β-unsaturated/α-hetero) is 1. The summed E-state index contributed by atoms with van der Waals surface area (Å²) >= 11 is 0. The SMILES string of the molecule is Cl.Cn1cnc(C(=O)NCc2ccc(COc3ccc(C(=O)CC4CCCC4)c(O)c3C(F)(F)F)cc2)c1. The van der Waals surface area contributed by atoms with Crippen molar-refractivity contribution in [3.05, 3.63) is 76.9 Å². The van der Waals surface area contributed by atoms with Gasteiger partial charge in [-0.3, -0.25) is 9.59 Å². The number of ketones is 1. The van der Waals surface area contributed by atoms with E-state index in [2.05, 4.69) is 10.3 Å². The van der Waals surface area contributed by atoms with Crippen molar-refractivity contribution in [2.45, 2.75) is 51.4 Å². The minimum atomic E-state index is -4.90. The highest BCUT2D eigenvalue weighted by atomic mass is 35.5. The summed E-state index contributed by atoms with van der Waals surface area (Å²) in [6.07, 6.45) is 2.09. The molecule has 1 fully saturated rings. The molecule has 2 aromatic carbocycles. The van der Waals surface area contributed by atoms with Crippen LogP contribution in [0.5, 0.6) is 11.5 Å². The smallest absolute Gasteiger partial charge is 0.423 e. The maximum atomic E-state index is 13.8. The zero-order valence-electron chi connectivity index (χ0n) is 20.8. The lowest BCUT2D eigenvalue weighted by atomic mass is 9.95. The topological polar surface area (TPSA) is 93.5 Å². The summed E-state index contributed by atoms with van der Waals surface area (Å²) in [6, 6.07) is 9.09. The predicted octanol–water partition coefficient (Wildman–Crippen LogP) is 5.84. The normalized spacial score (nSPS) is 13.7. The number of aryl methyl sites for hydroxylation is 1. The lowest BCUT2D eigenvalue weighted by Crippen LogP contribution is -2.23. The van der Waals surface area contributed by atoms with Gasteiger partial charge in [0.05, 0.1) is 11.9 Å². The molecule has 1 aliphatic rings. The molecule has 0 bridgehead atoms. The van der Waals surface area contributed by atoms with Gasteiger partial charge in [0.15, 0.2) is 5.78 Å². The first-order chi connectivity index (χ1) is 17.6. The Morgan fingerprint density at radius 2 is 1.76 bits per heavy atom. The van der Waals surface area contributed by atoms with Crippen molar-refractivity contribution in [3.63, 3.8) is 0 Å². The lowest BCUT2D eigenvalue weighted by Gasteiger charge is -2.18. The highest BCUT2D eigenvalue weighted by Gasteiger charge is 2.40. The van der Waals surface area contributed by atoms with E-state index in [0.29, 0.717) is 11.3 Å². The first-order valence-corrected chi connectivity index (χ1v) is 12.0. The minimum Gasteiger partial charge on any atom is -0.506 e. The zero-order chi connectivity index (χ0) is 26.6. The molecule has 38 heavy (non-hydrogen) atoms. The van der Waals surface area contributed by atoms with E-state index >= 15 is 0 Å². The van der Waals surface area contributed by atoms with Crippen molar-refractivity contribution < 1.29 is 32.6 Å². The molecule has 1 aromatic heterocycles. The van der Waals surface area contributed by atoms with Crippen LogP contribution in [0.4, 0.5) is 13.2 Å². The van der Waals surface area contributed by atoms with E-state index in [-0.39, 0.29) is 49.4 Å². The molecule has 1 saturated carbocycles. The summed E-state index contributed by atoms with van der Waals surface area (Å²) in [4.78, 5) is 28.7. The zero-order valence-corrected chi connectivity index (χ0v) is 21.6. The second-order valence-electron chi connectivity index (χ2n) is 9.32. The second-order valence-corrected chi connectivity index (χ2v) is 9.32. The van der Waals surface area contributed by atoms with Gasteiger partial charge in [0, 0.05) is 26.2 Å². The molecule has 4 rings (SSSR count). The number of imidazole rings is 1. The first-order valence-electron chi connectivity index (χ1n) is 12.0. The molecule has 11 heteroatoms. The fourth-order valence-corrected chi connectivity index (χ4v) is 4.50. The largest absolute Gasteiger partial charge is 0.506 e. The summed E-state index contributed by atoms with van der Waals surface area (Å²) in [5.74, 6) is -2.31. The Labute approximate surface area is 224 Å². The number of hydrogen-bond donors (Lipinski definition) is 2. The molecule has 0 unspecified atom stereocenters. The summed E-state index contributed by atoms with van der Waals surface area (Å²) in [5.41, 5.74) is -0.00890. The second kappa shape index (κ2) is 12.3. The van der Waals surface area contributed by atoms with Gasteiger partial charge in [0.25, 0.3) is 5.91 Å². The molecule has 3 aromatic rings. The molecule has 0 spiro atoms. The van der Waals surface area contributed by atoms with Crippen LogP contribution in [0.3, 0.4) is 0 Å². The third kappa shape index (κ3) is 7.06. The van der Waals surface area contributed by atoms with Crippen LogP contribution < -0.4 is 10.1 Å². The Morgan fingerprint density at radius 1 is 1.11 bits per heavy atom. The van der Waals surface area contributed by atoms with Crippen LogP contribution in [-0.2, 0) is 26.4 Å². The molecule has 1 amide bonds. The third-order valence-electron chi connectivity index (χ3n) is 6.48. The minimum absolute atomic E-state index is 0. The average Bonchev–Trinajstić information content (AvgIpc) is 3.52. The maximum Gasteiger partial charge on any atom is 0.423 e. The van der Waals surface area contributed by atoms with Crippen LogP contribution in [0.25, 0.3) is 0 Å². The van der Waals surface area contributed by atoms with E-state index in [1.165, 1.54) is 12.4 Å². The van der Waals surface area contributed by atoms with Crippen LogP contribution in [0.2, 0.25) is 0 Å². The van der Waals surface area contributed by atoms with E-state index in [1.54, 1.807) is 42.1 Å². The van der Waals surface area contributed by atoms with Crippen LogP contribution in [0, 0.1) is 5.92 Å². The molecular formula is C27H29ClF3N3O4. The van der Waals surface area contributed by atoms with Crippen LogP contribution in [-0.4, -0.2) is 26.3 Å². The molecule has 204 valence electrons. The van der Waals surface area contributed by atoms with Gasteiger partial charge in [-0.25, -0.2) is 4.98 Å². The highest BCUT2D eigenvalue weighted by Crippen LogP contribution is 2.44. The molecule has 7 nitrogen and oxygen atoms in total. The van der Waals surface area contributed by atoms with Crippen molar-refractivity contribution in [1.29, 1.82) is 0 Å². The molecule has 2 N–H and O–H groups in total. The summed E-state index contributed by atoms with van der Waals surface area (Å²) < 4.78 is 48.5. The standard InChI is InChI=1S/C27H28F3N3O4.ClH/c1-33-14-21(32-16-33)26(36)31-13-18-6-8-19(9-7-18)15-37-23-11-10-20(25(35)24(23)27(28,29)30)22(34)12-17-4-2-3-5-17;/h6-11,14,16-17,35H,2-5,12-13,15H2,1H3,(H,31,36);1H. The van der Waals surface area contributed by atoms with E-state index in [9.17, 15) is 27.9 Å². The van der Waals surface area contributed by atoms with Crippen molar-refractivity contribution in [2.75, 3.05) is 0 Å². The van der Waals surface area contributed by atoms with Crippen molar-refractivity contribution >= 4 is 24.1 Å². The number of halogens is 4. The van der Waals surface area contributed by atoms with Gasteiger partial charge in [0.1, 0.15) is 29.4 Å². The van der Waals surface area contributed by atoms with Crippen LogP contribution in [0.1, 0.15) is 69.6 Å². The van der Waals surface area contributed by atoms with Crippen LogP contribution in [0.15, 0.2) is 48.9 Å². The molecule has 1 heterocycles. The van der Waals surface area contributed by atoms with Crippen molar-refractivity contribution in [3.8, 4) is 11.5 Å². The van der Waals surface area contributed by atoms with Gasteiger partial charge >= 0.3 is 6.18 Å². The number of phenolic OH excluding ortho intramolecular Hbond substituents is 1. The van der Waals surface area contributed by atoms with Gasteiger partial charge in [-0.05, 0) is 29.2 Å². The average molecular weight is 552 g/mol. The predicted molar refractivity (Wildman–Crippen MR) is 136 cm³/mol. The lowest BCUT2D eigenvalue weighted by molar-refractivity contribution is -0.140. The number of aromatic hydroxyl groups is 1. The fraction of sp³-hybridized carbons (Fsp3) is 0.370. The van der Waals surface area contributed by atoms with E-state index in [0.717, 1.165) is 37.3 Å². The summed E-state index contributed by atoms with van der Waals surface area (Å²) in [7, 11) is 1.76. The number of ether oxygens (including phenoxy) is 1. The van der Waals surface area contributed by atoms with Gasteiger partial charge in [-0.2, -0.15) is 13.2 Å². The number of amides is 1. The number of alkyl halides is 3. The van der Waals surface area contributed by atoms with Gasteiger partial charge in [-0.15, -0.1) is 12.4 Å². The number of nitrogens with one attached hydrogen (secondary N) is 1. The number of carbonyl (C=O) groups excluding carboxylic acids is 2. The molecule has 0 radical (unpaired) electrons. The number of hydrogen-bond acceptors (Lipinski definition) is 5. The highest BCUT2D eigenvalue weighted by molar-refractivity contribution is 5.99. The summed E-state index contributed by atoms with van der Waals surface area (Å²) in [6.45, 7) is 0.0669. The summed E-state index contributed by atoms with van der Waals surface area (Å²) in [5, 5.41) is 13.2. The van der Waals surface area contributed by atoms with Gasteiger partial charge in [-0.1, -0.05) is 49.9 Å². The fourth-order valence-electron chi connectivity index (χ4n) is 4.50. The Bertz CT molecular complexity index is 1270. The van der Waals surface area contributed by atoms with Crippen molar-refractivity contribution in [2.24, 2.45) is 13.0 Å². The van der Waals surface area contributed by atoms with E-state index in [1.807, 2.05) is 0 Å². The van der Waals surface area contributed by atoms with E-state index < -0.39 is 29.0 Å². The quantitative estimate of drug-likeness (QED) is 0.326. The number of rotatable bonds is 9. The van der Waals surface area contributed by atoms with Crippen molar-refractivity contribution in [1.82, 2.24) is 14.9 Å². The number of carbonyl (C=O) groups is 2. The first kappa shape index (κ1) is 29.0. The number of phenols is 1. The molecule has 1 aliphatic carbocycles. The van der Waals surface area contributed by atoms with Gasteiger partial charge in [0.2, 0.25) is 0 Å². The molecule has 0 atom stereocenters. The third-order valence-corrected chi connectivity index (χ3v) is 6.48. The molecule has 0 aliphatic heterocycles. The Balaban J connectivity index is 0.00000400. The van der Waals surface area contributed by atoms with E-state index in [4.69, 9.17) is 4.74 Å². The number of aromatic nitrogens is 2. The van der Waals surface area contributed by atoms with Crippen LogP contribution >= 0.6 is 12.4 Å². The monoisotopic (exact) mass is 551 g/mol. The number of benzene rings is 2. The molecular weight excluding hydrogens is 523 g/mol. The molecule has 0 saturated heterocycles. The Kier molecular flexibility index (Phi) is 9.43. The Hall–Kier alpha value is -3.53. The number of nitrogens with zero attached hydrogens (tertiary/aromatic N) is 2. The van der Waals surface area contributed by atoms with Gasteiger partial charge < -0.3 is 19.7 Å². The maximum absolute atomic E-state index is 13.8. The Morgan fingerprint density at radius 3 is 2.37 bits per heavy atom.